The lowest BCUT2D eigenvalue weighted by molar-refractivity contribution is 0.590. The maximum atomic E-state index is 2.45. The van der Waals surface area contributed by atoms with E-state index in [9.17, 15) is 0 Å². The Labute approximate surface area is 310 Å². The first kappa shape index (κ1) is 32.0. The van der Waals surface area contributed by atoms with Gasteiger partial charge in [0.05, 0.1) is 10.4 Å². The molecule has 0 aliphatic rings. The molecular weight excluding hydrogens is 647 g/mol. The van der Waals surface area contributed by atoms with Crippen molar-refractivity contribution in [2.75, 3.05) is 4.90 Å². The van der Waals surface area contributed by atoms with Crippen molar-refractivity contribution in [2.24, 2.45) is 0 Å². The summed E-state index contributed by atoms with van der Waals surface area (Å²) in [5.74, 6) is 0. The van der Waals surface area contributed by atoms with Crippen LogP contribution in [-0.2, 0) is 5.41 Å². The molecule has 9 rings (SSSR count). The molecule has 1 aromatic heterocycles. The fourth-order valence-corrected chi connectivity index (χ4v) is 8.74. The van der Waals surface area contributed by atoms with Crippen molar-refractivity contribution in [2.45, 2.75) is 26.2 Å². The highest BCUT2D eigenvalue weighted by Gasteiger charge is 2.21. The van der Waals surface area contributed by atoms with Gasteiger partial charge in [-0.25, -0.2) is 0 Å². The number of thiophene rings is 1. The van der Waals surface area contributed by atoms with Crippen LogP contribution < -0.4 is 4.90 Å². The molecule has 0 spiro atoms. The van der Waals surface area contributed by atoms with Crippen molar-refractivity contribution in [1.82, 2.24) is 0 Å². The smallest absolute Gasteiger partial charge is 0.0640 e. The third-order valence-corrected chi connectivity index (χ3v) is 11.5. The summed E-state index contributed by atoms with van der Waals surface area (Å²) in [6.07, 6.45) is 0. The van der Waals surface area contributed by atoms with Crippen molar-refractivity contribution in [3.63, 3.8) is 0 Å². The zero-order valence-electron chi connectivity index (χ0n) is 29.7. The van der Waals surface area contributed by atoms with Crippen LogP contribution in [0.1, 0.15) is 26.3 Å². The van der Waals surface area contributed by atoms with Gasteiger partial charge in [0.2, 0.25) is 0 Å². The number of benzene rings is 8. The first-order valence-electron chi connectivity index (χ1n) is 18.0. The highest BCUT2D eigenvalue weighted by atomic mass is 32.1. The summed E-state index contributed by atoms with van der Waals surface area (Å²) in [4.78, 5) is 2.45. The van der Waals surface area contributed by atoms with Crippen LogP contribution >= 0.6 is 11.3 Å². The van der Waals surface area contributed by atoms with Crippen LogP contribution in [0.25, 0.3) is 64.3 Å². The van der Waals surface area contributed by atoms with Crippen molar-refractivity contribution in [3.05, 3.63) is 188 Å². The lowest BCUT2D eigenvalue weighted by Gasteiger charge is -2.27. The number of hydrogen-bond acceptors (Lipinski definition) is 2. The van der Waals surface area contributed by atoms with Gasteiger partial charge in [0, 0.05) is 26.8 Å². The molecule has 1 heterocycles. The minimum absolute atomic E-state index is 0.0991. The number of rotatable bonds is 6. The van der Waals surface area contributed by atoms with Crippen molar-refractivity contribution < 1.29 is 0 Å². The maximum absolute atomic E-state index is 2.45. The second-order valence-electron chi connectivity index (χ2n) is 14.6. The van der Waals surface area contributed by atoms with Gasteiger partial charge in [-0.1, -0.05) is 166 Å². The molecule has 52 heavy (non-hydrogen) atoms. The summed E-state index contributed by atoms with van der Waals surface area (Å²) in [6.45, 7) is 6.81. The van der Waals surface area contributed by atoms with E-state index in [2.05, 4.69) is 208 Å². The van der Waals surface area contributed by atoms with Gasteiger partial charge in [0.25, 0.3) is 0 Å². The Morgan fingerprint density at radius 1 is 0.423 bits per heavy atom. The zero-order chi connectivity index (χ0) is 35.2. The molecular formula is C50H39NS. The average Bonchev–Trinajstić information content (AvgIpc) is 3.58. The molecule has 0 aliphatic heterocycles. The molecule has 0 aliphatic carbocycles. The molecule has 0 atom stereocenters. The standard InChI is InChI=1S/C50H39NS/c1-50(2,3)38-27-23-36(24-28-38)43-32-31-40(33-46(43)35-13-5-4-6-14-35)51(47-21-12-20-45-44-18-9-10-22-48(44)52-49(45)47)39-29-25-37(26-30-39)42-19-11-16-34-15-7-8-17-41(34)42/h4-33H,1-3H3. The van der Waals surface area contributed by atoms with E-state index in [-0.39, 0.29) is 5.41 Å². The number of hydrogen-bond donors (Lipinski definition) is 0. The van der Waals surface area contributed by atoms with Crippen LogP contribution in [-0.4, -0.2) is 0 Å². The van der Waals surface area contributed by atoms with E-state index in [0.29, 0.717) is 0 Å². The summed E-state index contributed by atoms with van der Waals surface area (Å²) in [5, 5.41) is 5.11. The first-order valence-corrected chi connectivity index (χ1v) is 18.8. The molecule has 0 radical (unpaired) electrons. The Balaban J connectivity index is 1.24. The summed E-state index contributed by atoms with van der Waals surface area (Å²) in [6, 6.07) is 66.8. The Bertz CT molecular complexity index is 2690. The Morgan fingerprint density at radius 2 is 1.02 bits per heavy atom. The predicted molar refractivity (Wildman–Crippen MR) is 227 cm³/mol. The number of nitrogens with zero attached hydrogens (tertiary/aromatic N) is 1. The van der Waals surface area contributed by atoms with Crippen LogP contribution in [0.15, 0.2) is 182 Å². The van der Waals surface area contributed by atoms with Crippen molar-refractivity contribution >= 4 is 59.3 Å². The molecule has 1 nitrogen and oxygen atoms in total. The molecule has 0 fully saturated rings. The van der Waals surface area contributed by atoms with E-state index >= 15 is 0 Å². The summed E-state index contributed by atoms with van der Waals surface area (Å²) in [7, 11) is 0. The van der Waals surface area contributed by atoms with Gasteiger partial charge in [-0.2, -0.15) is 0 Å². The maximum Gasteiger partial charge on any atom is 0.0640 e. The topological polar surface area (TPSA) is 3.24 Å². The zero-order valence-corrected chi connectivity index (χ0v) is 30.5. The number of fused-ring (bicyclic) bond motifs is 4. The lowest BCUT2D eigenvalue weighted by Crippen LogP contribution is -2.11. The Kier molecular flexibility index (Phi) is 7.98. The van der Waals surface area contributed by atoms with Gasteiger partial charge in [-0.15, -0.1) is 11.3 Å². The summed E-state index contributed by atoms with van der Waals surface area (Å²) >= 11 is 1.87. The highest BCUT2D eigenvalue weighted by Crippen LogP contribution is 2.47. The minimum atomic E-state index is 0.0991. The third kappa shape index (κ3) is 5.76. The SMILES string of the molecule is CC(C)(C)c1ccc(-c2ccc(N(c3ccc(-c4cccc5ccccc45)cc3)c3cccc4c3sc3ccccc34)cc2-c2ccccc2)cc1. The van der Waals surface area contributed by atoms with Crippen molar-refractivity contribution in [1.29, 1.82) is 0 Å². The van der Waals surface area contributed by atoms with Crippen LogP contribution in [0.5, 0.6) is 0 Å². The van der Waals surface area contributed by atoms with E-state index in [0.717, 1.165) is 11.4 Å². The first-order chi connectivity index (χ1) is 25.4. The van der Waals surface area contributed by atoms with Gasteiger partial charge in [0.15, 0.2) is 0 Å². The van der Waals surface area contributed by atoms with Crippen LogP contribution in [0.2, 0.25) is 0 Å². The second-order valence-corrected chi connectivity index (χ2v) is 15.6. The van der Waals surface area contributed by atoms with E-state index < -0.39 is 0 Å². The second kappa shape index (κ2) is 13.0. The lowest BCUT2D eigenvalue weighted by atomic mass is 9.85. The normalized spacial score (nSPS) is 11.8. The number of anilines is 3. The molecule has 9 aromatic rings. The van der Waals surface area contributed by atoms with Gasteiger partial charge in [-0.05, 0) is 91.5 Å². The average molecular weight is 686 g/mol. The van der Waals surface area contributed by atoms with E-state index in [1.807, 2.05) is 11.3 Å². The minimum Gasteiger partial charge on any atom is -0.309 e. The van der Waals surface area contributed by atoms with Crippen LogP contribution in [0, 0.1) is 0 Å². The Morgan fingerprint density at radius 3 is 1.81 bits per heavy atom. The molecule has 0 saturated carbocycles. The summed E-state index contributed by atoms with van der Waals surface area (Å²) < 4.78 is 2.58. The molecule has 0 saturated heterocycles. The van der Waals surface area contributed by atoms with E-state index in [1.54, 1.807) is 0 Å². The highest BCUT2D eigenvalue weighted by molar-refractivity contribution is 7.26. The van der Waals surface area contributed by atoms with Gasteiger partial charge in [0.1, 0.15) is 0 Å². The van der Waals surface area contributed by atoms with Gasteiger partial charge < -0.3 is 4.90 Å². The largest absolute Gasteiger partial charge is 0.309 e. The summed E-state index contributed by atoms with van der Waals surface area (Å²) in [5.41, 5.74) is 12.2. The molecule has 2 heteroatoms. The molecule has 0 N–H and O–H groups in total. The monoisotopic (exact) mass is 685 g/mol. The quantitative estimate of drug-likeness (QED) is 0.168. The fourth-order valence-electron chi connectivity index (χ4n) is 7.53. The predicted octanol–water partition coefficient (Wildman–Crippen LogP) is 15.0. The molecule has 0 bridgehead atoms. The Hall–Kier alpha value is -5.96. The van der Waals surface area contributed by atoms with Crippen LogP contribution in [0.4, 0.5) is 17.1 Å². The van der Waals surface area contributed by atoms with Gasteiger partial charge >= 0.3 is 0 Å². The molecule has 0 unspecified atom stereocenters. The fraction of sp³-hybridized carbons (Fsp3) is 0.0800. The third-order valence-electron chi connectivity index (χ3n) is 10.3. The van der Waals surface area contributed by atoms with Crippen molar-refractivity contribution in [3.8, 4) is 33.4 Å². The molecule has 8 aromatic carbocycles. The van der Waals surface area contributed by atoms with E-state index in [4.69, 9.17) is 0 Å². The molecule has 0 amide bonds. The van der Waals surface area contributed by atoms with Gasteiger partial charge in [-0.3, -0.25) is 0 Å². The van der Waals surface area contributed by atoms with Crippen LogP contribution in [0.3, 0.4) is 0 Å². The van der Waals surface area contributed by atoms with E-state index in [1.165, 1.54) is 75.6 Å². The molecule has 250 valence electrons.